The first-order chi connectivity index (χ1) is 16.1. The molecule has 3 unspecified atom stereocenters. The average molecular weight is 468 g/mol. The summed E-state index contributed by atoms with van der Waals surface area (Å²) >= 11 is 0. The fourth-order valence-corrected chi connectivity index (χ4v) is 3.83. The molecule has 0 bridgehead atoms. The van der Waals surface area contributed by atoms with Gasteiger partial charge in [-0.15, -0.1) is 0 Å². The van der Waals surface area contributed by atoms with Crippen molar-refractivity contribution in [2.24, 2.45) is 0 Å². The zero-order chi connectivity index (χ0) is 24.6. The third-order valence-corrected chi connectivity index (χ3v) is 6.02. The molecular weight excluding hydrogens is 414 g/mol. The second kappa shape index (κ2) is 24.0. The third kappa shape index (κ3) is 20.0. The van der Waals surface area contributed by atoms with Crippen LogP contribution < -0.4 is 5.32 Å². The highest BCUT2D eigenvalue weighted by Gasteiger charge is 2.26. The first kappa shape index (κ1) is 31.8. The topological polar surface area (TPSA) is 89.8 Å². The third-order valence-electron chi connectivity index (χ3n) is 6.02. The Morgan fingerprint density at radius 3 is 1.85 bits per heavy atom. The summed E-state index contributed by atoms with van der Waals surface area (Å²) in [7, 11) is 0. The van der Waals surface area contributed by atoms with E-state index in [1.807, 2.05) is 0 Å². The van der Waals surface area contributed by atoms with Gasteiger partial charge in [-0.1, -0.05) is 95.9 Å². The number of nitrogens with one attached hydrogen (secondary N) is 1. The van der Waals surface area contributed by atoms with Crippen LogP contribution in [0.3, 0.4) is 0 Å². The number of amides is 1. The number of carbonyl (C=O) groups excluding carboxylic acids is 1. The Morgan fingerprint density at radius 1 is 0.727 bits per heavy atom. The van der Waals surface area contributed by atoms with E-state index in [2.05, 4.69) is 43.5 Å². The molecule has 0 fully saturated rings. The highest BCUT2D eigenvalue weighted by atomic mass is 16.3. The van der Waals surface area contributed by atoms with E-state index in [1.165, 1.54) is 44.9 Å². The van der Waals surface area contributed by atoms with Gasteiger partial charge in [0.25, 0.3) is 0 Å². The summed E-state index contributed by atoms with van der Waals surface area (Å²) in [5, 5.41) is 32.9. The number of hydrogen-bond acceptors (Lipinski definition) is 4. The van der Waals surface area contributed by atoms with Crippen LogP contribution in [0.15, 0.2) is 24.3 Å². The van der Waals surface area contributed by atoms with Crippen LogP contribution in [0.4, 0.5) is 0 Å². The minimum atomic E-state index is -1.16. The predicted octanol–water partition coefficient (Wildman–Crippen LogP) is 5.97. The van der Waals surface area contributed by atoms with Crippen LogP contribution in [0, 0.1) is 0 Å². The number of rotatable bonds is 23. The van der Waals surface area contributed by atoms with Crippen molar-refractivity contribution in [1.82, 2.24) is 5.32 Å². The van der Waals surface area contributed by atoms with Crippen molar-refractivity contribution < 1.29 is 20.1 Å². The molecule has 0 spiro atoms. The number of allylic oxidation sites excluding steroid dienone is 4. The zero-order valence-corrected chi connectivity index (χ0v) is 21.5. The van der Waals surface area contributed by atoms with Crippen molar-refractivity contribution in [1.29, 1.82) is 0 Å². The van der Waals surface area contributed by atoms with E-state index in [9.17, 15) is 20.1 Å². The van der Waals surface area contributed by atoms with Crippen molar-refractivity contribution in [2.75, 3.05) is 6.61 Å². The lowest BCUT2D eigenvalue weighted by Gasteiger charge is -2.26. The van der Waals surface area contributed by atoms with Crippen LogP contribution in [0.25, 0.3) is 0 Å². The van der Waals surface area contributed by atoms with Gasteiger partial charge in [0, 0.05) is 6.42 Å². The number of aliphatic hydroxyl groups excluding tert-OH is 3. The van der Waals surface area contributed by atoms with Crippen molar-refractivity contribution in [3.05, 3.63) is 24.3 Å². The monoisotopic (exact) mass is 467 g/mol. The molecule has 0 aromatic carbocycles. The van der Waals surface area contributed by atoms with Gasteiger partial charge < -0.3 is 20.6 Å². The van der Waals surface area contributed by atoms with Crippen molar-refractivity contribution in [3.8, 4) is 0 Å². The molecule has 0 rings (SSSR count). The summed E-state index contributed by atoms with van der Waals surface area (Å²) < 4.78 is 0. The summed E-state index contributed by atoms with van der Waals surface area (Å²) in [5.74, 6) is -0.167. The molecule has 4 N–H and O–H groups in total. The maximum Gasteiger partial charge on any atom is 0.220 e. The van der Waals surface area contributed by atoms with Gasteiger partial charge in [0.2, 0.25) is 5.91 Å². The zero-order valence-electron chi connectivity index (χ0n) is 21.5. The minimum absolute atomic E-state index is 0.167. The van der Waals surface area contributed by atoms with Gasteiger partial charge in [-0.05, 0) is 44.9 Å². The molecule has 0 aromatic heterocycles. The van der Waals surface area contributed by atoms with E-state index in [0.717, 1.165) is 51.4 Å². The van der Waals surface area contributed by atoms with E-state index < -0.39 is 18.2 Å². The first-order valence-corrected chi connectivity index (χ1v) is 13.6. The van der Waals surface area contributed by atoms with E-state index in [4.69, 9.17) is 0 Å². The maximum absolute atomic E-state index is 12.2. The molecule has 0 aliphatic rings. The molecule has 194 valence electrons. The van der Waals surface area contributed by atoms with E-state index in [-0.39, 0.29) is 12.5 Å². The lowest BCUT2D eigenvalue weighted by atomic mass is 10.0. The van der Waals surface area contributed by atoms with Crippen LogP contribution in [0.5, 0.6) is 0 Å². The Bertz CT molecular complexity index is 492. The van der Waals surface area contributed by atoms with E-state index in [0.29, 0.717) is 12.8 Å². The molecule has 33 heavy (non-hydrogen) atoms. The second-order valence-electron chi connectivity index (χ2n) is 9.23. The fourth-order valence-electron chi connectivity index (χ4n) is 3.83. The Kier molecular flexibility index (Phi) is 23.1. The lowest BCUT2D eigenvalue weighted by Crippen LogP contribution is -2.50. The smallest absolute Gasteiger partial charge is 0.220 e. The van der Waals surface area contributed by atoms with Gasteiger partial charge in [-0.3, -0.25) is 4.79 Å². The number of unbranched alkanes of at least 4 members (excludes halogenated alkanes) is 11. The fraction of sp³-hybridized carbons (Fsp3) is 0.821. The number of carbonyl (C=O) groups is 1. The van der Waals surface area contributed by atoms with Crippen molar-refractivity contribution in [2.45, 2.75) is 141 Å². The molecule has 5 heteroatoms. The summed E-state index contributed by atoms with van der Waals surface area (Å²) in [4.78, 5) is 12.2. The van der Waals surface area contributed by atoms with Crippen LogP contribution in [-0.2, 0) is 4.79 Å². The minimum Gasteiger partial charge on any atom is -0.394 e. The van der Waals surface area contributed by atoms with Gasteiger partial charge in [0.05, 0.1) is 18.8 Å². The molecule has 0 aromatic rings. The van der Waals surface area contributed by atoms with Crippen LogP contribution in [-0.4, -0.2) is 46.1 Å². The highest BCUT2D eigenvalue weighted by Crippen LogP contribution is 2.12. The van der Waals surface area contributed by atoms with Crippen LogP contribution in [0.1, 0.15) is 123 Å². The summed E-state index contributed by atoms with van der Waals surface area (Å²) in [6.07, 6.45) is 24.1. The summed E-state index contributed by atoms with van der Waals surface area (Å²) in [6.45, 7) is 4.01. The summed E-state index contributed by atoms with van der Waals surface area (Å²) in [5.41, 5.74) is 0. The van der Waals surface area contributed by atoms with Gasteiger partial charge >= 0.3 is 0 Å². The van der Waals surface area contributed by atoms with Crippen molar-refractivity contribution in [3.63, 3.8) is 0 Å². The van der Waals surface area contributed by atoms with Gasteiger partial charge in [0.15, 0.2) is 0 Å². The van der Waals surface area contributed by atoms with Crippen LogP contribution in [0.2, 0.25) is 0 Å². The van der Waals surface area contributed by atoms with Crippen molar-refractivity contribution >= 4 is 5.91 Å². The molecule has 3 atom stereocenters. The maximum atomic E-state index is 12.2. The Labute approximate surface area is 203 Å². The SMILES string of the molecule is CCC/C=C/CC/C=C/CCCC(O)C(O)C(CO)NC(=O)CCCCCCCCCCC. The molecule has 0 saturated heterocycles. The largest absolute Gasteiger partial charge is 0.394 e. The van der Waals surface area contributed by atoms with Gasteiger partial charge in [-0.25, -0.2) is 0 Å². The Balaban J connectivity index is 3.91. The average Bonchev–Trinajstić information content (AvgIpc) is 2.82. The molecule has 0 aliphatic heterocycles. The molecule has 0 radical (unpaired) electrons. The molecule has 0 saturated carbocycles. The lowest BCUT2D eigenvalue weighted by molar-refractivity contribution is -0.124. The summed E-state index contributed by atoms with van der Waals surface area (Å²) in [6, 6.07) is -0.823. The molecule has 0 heterocycles. The van der Waals surface area contributed by atoms with Gasteiger partial charge in [0.1, 0.15) is 6.10 Å². The van der Waals surface area contributed by atoms with E-state index >= 15 is 0 Å². The first-order valence-electron chi connectivity index (χ1n) is 13.6. The Morgan fingerprint density at radius 2 is 1.27 bits per heavy atom. The van der Waals surface area contributed by atoms with Crippen LogP contribution >= 0.6 is 0 Å². The predicted molar refractivity (Wildman–Crippen MR) is 139 cm³/mol. The highest BCUT2D eigenvalue weighted by molar-refractivity contribution is 5.76. The molecule has 1 amide bonds. The van der Waals surface area contributed by atoms with Gasteiger partial charge in [-0.2, -0.15) is 0 Å². The molecular formula is C28H53NO4. The molecule has 0 aliphatic carbocycles. The number of aliphatic hydroxyl groups is 3. The number of hydrogen-bond donors (Lipinski definition) is 4. The standard InChI is InChI=1S/C28H53NO4/c1-3-5-7-9-11-13-15-16-18-20-22-26(31)28(33)25(24-30)29-27(32)23-21-19-17-14-12-10-8-6-4-2/h7,9,15-16,25-26,28,30-31,33H,3-6,8,10-14,17-24H2,1-2H3,(H,29,32)/b9-7+,16-15+. The normalized spacial score (nSPS) is 14.7. The second-order valence-corrected chi connectivity index (χ2v) is 9.23. The Hall–Kier alpha value is -1.17. The molecule has 5 nitrogen and oxygen atoms in total. The quantitative estimate of drug-likeness (QED) is 0.110. The van der Waals surface area contributed by atoms with E-state index in [1.54, 1.807) is 0 Å².